The van der Waals surface area contributed by atoms with Gasteiger partial charge in [0.2, 0.25) is 0 Å². The van der Waals surface area contributed by atoms with Crippen LogP contribution in [0, 0.1) is 0 Å². The molecule has 0 unspecified atom stereocenters. The van der Waals surface area contributed by atoms with E-state index in [2.05, 4.69) is 15.9 Å². The molecule has 0 spiro atoms. The number of anilines is 2. The molecule has 0 radical (unpaired) electrons. The Kier molecular flexibility index (Phi) is 4.70. The second-order valence-corrected chi connectivity index (χ2v) is 2.73. The van der Waals surface area contributed by atoms with Crippen LogP contribution in [0.3, 0.4) is 0 Å². The van der Waals surface area contributed by atoms with Gasteiger partial charge in [0.1, 0.15) is 0 Å². The molecule has 0 aliphatic carbocycles. The predicted octanol–water partition coefficient (Wildman–Crippen LogP) is 2.64. The summed E-state index contributed by atoms with van der Waals surface area (Å²) in [5.74, 6) is 0. The van der Waals surface area contributed by atoms with E-state index in [0.717, 1.165) is 4.47 Å². The maximum atomic E-state index is 5.45. The Morgan fingerprint density at radius 3 is 1.64 bits per heavy atom. The molecule has 0 bridgehead atoms. The number of hydrogen-bond donors (Lipinski definition) is 2. The van der Waals surface area contributed by atoms with E-state index >= 15 is 0 Å². The van der Waals surface area contributed by atoms with Crippen LogP contribution in [0.15, 0.2) is 22.7 Å². The lowest BCUT2D eigenvalue weighted by atomic mass is 10.3. The molecule has 0 aromatic heterocycles. The Labute approximate surface area is 75.7 Å². The second-order valence-electron chi connectivity index (χ2n) is 1.82. The minimum atomic E-state index is 0.682. The van der Waals surface area contributed by atoms with Gasteiger partial charge in [-0.1, -0.05) is 29.8 Å². The monoisotopic (exact) mass is 216 g/mol. The topological polar surface area (TPSA) is 52.0 Å². The van der Waals surface area contributed by atoms with Crippen LogP contribution in [0.2, 0.25) is 0 Å². The maximum absolute atomic E-state index is 5.45. The van der Waals surface area contributed by atoms with Crippen LogP contribution >= 0.6 is 15.9 Å². The molecule has 0 saturated carbocycles. The molecule has 0 atom stereocenters. The first-order valence-electron chi connectivity index (χ1n) is 3.50. The van der Waals surface area contributed by atoms with Crippen molar-refractivity contribution in [3.63, 3.8) is 0 Å². The predicted molar refractivity (Wildman–Crippen MR) is 54.3 cm³/mol. The molecule has 0 fully saturated rings. The fraction of sp³-hybridized carbons (Fsp3) is 0.250. The lowest BCUT2D eigenvalue weighted by Gasteiger charge is -1.95. The highest BCUT2D eigenvalue weighted by molar-refractivity contribution is 9.10. The fourth-order valence-corrected chi connectivity index (χ4v) is 1.16. The van der Waals surface area contributed by atoms with E-state index in [1.165, 1.54) is 0 Å². The number of hydrogen-bond acceptors (Lipinski definition) is 2. The third-order valence-corrected chi connectivity index (χ3v) is 1.40. The molecule has 3 heteroatoms. The average molecular weight is 217 g/mol. The summed E-state index contributed by atoms with van der Waals surface area (Å²) in [4.78, 5) is 0. The van der Waals surface area contributed by atoms with Crippen molar-refractivity contribution < 1.29 is 0 Å². The van der Waals surface area contributed by atoms with E-state index < -0.39 is 0 Å². The Morgan fingerprint density at radius 1 is 1.00 bits per heavy atom. The van der Waals surface area contributed by atoms with Gasteiger partial charge >= 0.3 is 0 Å². The lowest BCUT2D eigenvalue weighted by molar-refractivity contribution is 1.50. The first kappa shape index (κ1) is 10.3. The number of nitrogen functional groups attached to an aromatic ring is 2. The molecule has 0 aliphatic rings. The van der Waals surface area contributed by atoms with Crippen LogP contribution in [0.5, 0.6) is 0 Å². The number of rotatable bonds is 0. The smallest absolute Gasteiger partial charge is 0.0345 e. The largest absolute Gasteiger partial charge is 0.399 e. The molecule has 11 heavy (non-hydrogen) atoms. The van der Waals surface area contributed by atoms with Gasteiger partial charge in [0.25, 0.3) is 0 Å². The quantitative estimate of drug-likeness (QED) is 0.656. The highest BCUT2D eigenvalue weighted by Gasteiger charge is 1.89. The molecule has 0 heterocycles. The summed E-state index contributed by atoms with van der Waals surface area (Å²) in [7, 11) is 0. The summed E-state index contributed by atoms with van der Waals surface area (Å²) in [6.07, 6.45) is 0. The number of halogens is 1. The Bertz CT molecular complexity index is 173. The van der Waals surface area contributed by atoms with Gasteiger partial charge < -0.3 is 11.5 Å². The molecule has 0 amide bonds. The van der Waals surface area contributed by atoms with Crippen LogP contribution in [0.25, 0.3) is 0 Å². The lowest BCUT2D eigenvalue weighted by Crippen LogP contribution is -1.88. The summed E-state index contributed by atoms with van der Waals surface area (Å²) in [5.41, 5.74) is 12.3. The maximum Gasteiger partial charge on any atom is 0.0345 e. The standard InChI is InChI=1S/C6H7BrN2.C2H6/c7-4-1-5(8)3-6(9)2-4;1-2/h1-3H,8-9H2;1-2H3. The van der Waals surface area contributed by atoms with Crippen LogP contribution in [0.4, 0.5) is 11.4 Å². The summed E-state index contributed by atoms with van der Waals surface area (Å²) in [6, 6.07) is 5.32. The highest BCUT2D eigenvalue weighted by atomic mass is 79.9. The zero-order chi connectivity index (χ0) is 8.85. The first-order chi connectivity index (χ1) is 5.18. The molecule has 1 aromatic rings. The van der Waals surface area contributed by atoms with Crippen molar-refractivity contribution in [3.8, 4) is 0 Å². The normalized spacial score (nSPS) is 8.27. The summed E-state index contributed by atoms with van der Waals surface area (Å²) in [5, 5.41) is 0. The molecule has 1 rings (SSSR count). The van der Waals surface area contributed by atoms with Crippen LogP contribution in [-0.4, -0.2) is 0 Å². The molecule has 2 nitrogen and oxygen atoms in total. The van der Waals surface area contributed by atoms with Gasteiger partial charge in [-0.05, 0) is 18.2 Å². The fourth-order valence-electron chi connectivity index (χ4n) is 0.636. The molecule has 1 aromatic carbocycles. The van der Waals surface area contributed by atoms with Gasteiger partial charge in [-0.3, -0.25) is 0 Å². The zero-order valence-corrected chi connectivity index (χ0v) is 8.35. The molecule has 0 saturated heterocycles. The van der Waals surface area contributed by atoms with E-state index in [4.69, 9.17) is 11.5 Å². The summed E-state index contributed by atoms with van der Waals surface area (Å²) < 4.78 is 0.917. The van der Waals surface area contributed by atoms with Gasteiger partial charge in [0.15, 0.2) is 0 Å². The van der Waals surface area contributed by atoms with Crippen molar-refractivity contribution in [2.75, 3.05) is 11.5 Å². The van der Waals surface area contributed by atoms with E-state index in [1.807, 2.05) is 13.8 Å². The van der Waals surface area contributed by atoms with Crippen molar-refractivity contribution in [1.29, 1.82) is 0 Å². The number of nitrogens with two attached hydrogens (primary N) is 2. The molecule has 0 aliphatic heterocycles. The summed E-state index contributed by atoms with van der Waals surface area (Å²) >= 11 is 3.25. The van der Waals surface area contributed by atoms with Crippen LogP contribution in [0.1, 0.15) is 13.8 Å². The van der Waals surface area contributed by atoms with Crippen molar-refractivity contribution >= 4 is 27.3 Å². The van der Waals surface area contributed by atoms with Gasteiger partial charge in [-0.15, -0.1) is 0 Å². The van der Waals surface area contributed by atoms with Crippen molar-refractivity contribution in [3.05, 3.63) is 22.7 Å². The minimum Gasteiger partial charge on any atom is -0.399 e. The third kappa shape index (κ3) is 3.88. The van der Waals surface area contributed by atoms with Crippen molar-refractivity contribution in [2.45, 2.75) is 13.8 Å². The first-order valence-corrected chi connectivity index (χ1v) is 4.29. The van der Waals surface area contributed by atoms with Crippen LogP contribution in [-0.2, 0) is 0 Å². The molecular formula is C8H13BrN2. The SMILES string of the molecule is CC.Nc1cc(N)cc(Br)c1. The highest BCUT2D eigenvalue weighted by Crippen LogP contribution is 2.17. The third-order valence-electron chi connectivity index (χ3n) is 0.942. The molecular weight excluding hydrogens is 204 g/mol. The Morgan fingerprint density at radius 2 is 1.36 bits per heavy atom. The average Bonchev–Trinajstić information content (AvgIpc) is 1.88. The van der Waals surface area contributed by atoms with E-state index in [0.29, 0.717) is 11.4 Å². The van der Waals surface area contributed by atoms with Crippen molar-refractivity contribution in [1.82, 2.24) is 0 Å². The van der Waals surface area contributed by atoms with E-state index in [1.54, 1.807) is 18.2 Å². The van der Waals surface area contributed by atoms with Crippen LogP contribution < -0.4 is 11.5 Å². The minimum absolute atomic E-state index is 0.682. The zero-order valence-electron chi connectivity index (χ0n) is 6.76. The van der Waals surface area contributed by atoms with Crippen molar-refractivity contribution in [2.24, 2.45) is 0 Å². The van der Waals surface area contributed by atoms with E-state index in [9.17, 15) is 0 Å². The van der Waals surface area contributed by atoms with Gasteiger partial charge in [0.05, 0.1) is 0 Å². The summed E-state index contributed by atoms with van der Waals surface area (Å²) in [6.45, 7) is 4.00. The Hall–Kier alpha value is -0.700. The van der Waals surface area contributed by atoms with Gasteiger partial charge in [-0.2, -0.15) is 0 Å². The second kappa shape index (κ2) is 5.02. The van der Waals surface area contributed by atoms with Gasteiger partial charge in [0, 0.05) is 15.8 Å². The van der Waals surface area contributed by atoms with Gasteiger partial charge in [-0.25, -0.2) is 0 Å². The number of benzene rings is 1. The van der Waals surface area contributed by atoms with E-state index in [-0.39, 0.29) is 0 Å². The Balaban J connectivity index is 0.000000461. The molecule has 4 N–H and O–H groups in total. The molecule has 62 valence electrons.